The van der Waals surface area contributed by atoms with Gasteiger partial charge in [0.15, 0.2) is 0 Å². The van der Waals surface area contributed by atoms with Gasteiger partial charge in [-0.15, -0.1) is 0 Å². The zero-order chi connectivity index (χ0) is 19.5. The number of anilines is 1. The standard InChI is InChI=1S/C21H32N4O2/c1-20(2,3)15-25-11-5-8-21(19(25)27)9-13-24(16-21)12-7-18(26)23-17-6-4-10-22-14-17/h4,6,10,14H,5,7-9,11-13,15-16H2,1-3H3,(H,23,26)/t21-/m0/s1. The highest BCUT2D eigenvalue weighted by atomic mass is 16.2. The van der Waals surface area contributed by atoms with E-state index in [1.54, 1.807) is 18.5 Å². The van der Waals surface area contributed by atoms with Gasteiger partial charge in [-0.2, -0.15) is 0 Å². The second-order valence-electron chi connectivity index (χ2n) is 9.24. The van der Waals surface area contributed by atoms with Crippen molar-refractivity contribution >= 4 is 17.5 Å². The summed E-state index contributed by atoms with van der Waals surface area (Å²) in [5.41, 5.74) is 0.612. The third kappa shape index (κ3) is 5.06. The monoisotopic (exact) mass is 372 g/mol. The highest BCUT2D eigenvalue weighted by molar-refractivity contribution is 5.90. The molecule has 2 amide bonds. The maximum Gasteiger partial charge on any atom is 0.230 e. The normalized spacial score (nSPS) is 23.8. The third-order valence-electron chi connectivity index (χ3n) is 5.52. The summed E-state index contributed by atoms with van der Waals surface area (Å²) in [6.45, 7) is 10.6. The molecule has 0 radical (unpaired) electrons. The molecule has 1 aromatic heterocycles. The maximum absolute atomic E-state index is 13.2. The van der Waals surface area contributed by atoms with Gasteiger partial charge in [-0.05, 0) is 43.4 Å². The fourth-order valence-corrected chi connectivity index (χ4v) is 4.32. The lowest BCUT2D eigenvalue weighted by molar-refractivity contribution is -0.147. The number of amides is 2. The molecule has 1 N–H and O–H groups in total. The molecule has 0 aromatic carbocycles. The number of carbonyl (C=O) groups is 2. The third-order valence-corrected chi connectivity index (χ3v) is 5.52. The lowest BCUT2D eigenvalue weighted by atomic mass is 9.77. The second-order valence-corrected chi connectivity index (χ2v) is 9.24. The van der Waals surface area contributed by atoms with Crippen molar-refractivity contribution in [2.45, 2.75) is 46.5 Å². The van der Waals surface area contributed by atoms with Gasteiger partial charge in [0.2, 0.25) is 11.8 Å². The van der Waals surface area contributed by atoms with Gasteiger partial charge >= 0.3 is 0 Å². The van der Waals surface area contributed by atoms with Crippen LogP contribution in [0.2, 0.25) is 0 Å². The molecule has 2 aliphatic heterocycles. The minimum Gasteiger partial charge on any atom is -0.342 e. The van der Waals surface area contributed by atoms with Crippen molar-refractivity contribution in [1.29, 1.82) is 0 Å². The average Bonchev–Trinajstić information content (AvgIpc) is 3.01. The summed E-state index contributed by atoms with van der Waals surface area (Å²) in [5.74, 6) is 0.319. The van der Waals surface area contributed by atoms with Crippen LogP contribution in [0.3, 0.4) is 0 Å². The summed E-state index contributed by atoms with van der Waals surface area (Å²) >= 11 is 0. The van der Waals surface area contributed by atoms with Crippen molar-refractivity contribution in [1.82, 2.24) is 14.8 Å². The number of nitrogens with one attached hydrogen (secondary N) is 1. The molecule has 0 saturated carbocycles. The first-order valence-corrected chi connectivity index (χ1v) is 9.99. The summed E-state index contributed by atoms with van der Waals surface area (Å²) in [7, 11) is 0. The van der Waals surface area contributed by atoms with Crippen LogP contribution in [0.5, 0.6) is 0 Å². The van der Waals surface area contributed by atoms with Crippen LogP contribution in [0.25, 0.3) is 0 Å². The van der Waals surface area contributed by atoms with Gasteiger partial charge in [0, 0.05) is 38.8 Å². The Morgan fingerprint density at radius 3 is 2.81 bits per heavy atom. The van der Waals surface area contributed by atoms with Gasteiger partial charge < -0.3 is 15.1 Å². The van der Waals surface area contributed by atoms with Gasteiger partial charge in [-0.3, -0.25) is 14.6 Å². The van der Waals surface area contributed by atoms with E-state index < -0.39 is 0 Å². The number of nitrogens with zero attached hydrogens (tertiary/aromatic N) is 3. The van der Waals surface area contributed by atoms with E-state index >= 15 is 0 Å². The van der Waals surface area contributed by atoms with Crippen LogP contribution in [0.1, 0.15) is 46.5 Å². The molecule has 2 aliphatic rings. The van der Waals surface area contributed by atoms with E-state index in [0.717, 1.165) is 51.1 Å². The van der Waals surface area contributed by atoms with E-state index in [9.17, 15) is 9.59 Å². The van der Waals surface area contributed by atoms with Gasteiger partial charge in [0.1, 0.15) is 0 Å². The molecule has 1 spiro atoms. The van der Waals surface area contributed by atoms with E-state index in [2.05, 4.69) is 40.9 Å². The Hall–Kier alpha value is -1.95. The molecule has 3 heterocycles. The molecule has 1 aromatic rings. The quantitative estimate of drug-likeness (QED) is 0.863. The van der Waals surface area contributed by atoms with E-state index in [-0.39, 0.29) is 16.7 Å². The van der Waals surface area contributed by atoms with Crippen LogP contribution in [0, 0.1) is 10.8 Å². The molecule has 27 heavy (non-hydrogen) atoms. The number of hydrogen-bond donors (Lipinski definition) is 1. The molecule has 0 unspecified atom stereocenters. The molecule has 0 aliphatic carbocycles. The van der Waals surface area contributed by atoms with Gasteiger partial charge in [0.05, 0.1) is 17.3 Å². The average molecular weight is 373 g/mol. The van der Waals surface area contributed by atoms with Gasteiger partial charge in [-0.25, -0.2) is 0 Å². The van der Waals surface area contributed by atoms with Crippen LogP contribution in [-0.2, 0) is 9.59 Å². The minimum absolute atomic E-state index is 0.00622. The molecule has 6 heteroatoms. The first kappa shape index (κ1) is 19.8. The number of pyridine rings is 1. The van der Waals surface area contributed by atoms with E-state index in [1.807, 2.05) is 6.07 Å². The molecule has 2 fully saturated rings. The zero-order valence-electron chi connectivity index (χ0n) is 16.8. The minimum atomic E-state index is -0.233. The number of aromatic nitrogens is 1. The summed E-state index contributed by atoms with van der Waals surface area (Å²) in [6, 6.07) is 3.64. The van der Waals surface area contributed by atoms with E-state index in [0.29, 0.717) is 18.9 Å². The largest absolute Gasteiger partial charge is 0.342 e. The molecule has 148 valence electrons. The molecule has 6 nitrogen and oxygen atoms in total. The number of likely N-dealkylation sites (tertiary alicyclic amines) is 2. The first-order chi connectivity index (χ1) is 12.8. The Morgan fingerprint density at radius 1 is 1.30 bits per heavy atom. The summed E-state index contributed by atoms with van der Waals surface area (Å²) in [4.78, 5) is 33.7. The summed E-state index contributed by atoms with van der Waals surface area (Å²) in [6.07, 6.45) is 6.74. The SMILES string of the molecule is CC(C)(C)CN1CCC[C@@]2(CCN(CCC(=O)Nc3cccnc3)C2)C1=O. The predicted molar refractivity (Wildman–Crippen MR) is 106 cm³/mol. The molecule has 3 rings (SSSR count). The van der Waals surface area contributed by atoms with E-state index in [4.69, 9.17) is 0 Å². The first-order valence-electron chi connectivity index (χ1n) is 9.99. The van der Waals surface area contributed by atoms with E-state index in [1.165, 1.54) is 0 Å². The molecular weight excluding hydrogens is 340 g/mol. The zero-order valence-corrected chi connectivity index (χ0v) is 16.8. The Balaban J connectivity index is 1.51. The van der Waals surface area contributed by atoms with Crippen molar-refractivity contribution in [3.8, 4) is 0 Å². The Labute approximate surface area is 162 Å². The summed E-state index contributed by atoms with van der Waals surface area (Å²) < 4.78 is 0. The fraction of sp³-hybridized carbons (Fsp3) is 0.667. The summed E-state index contributed by atoms with van der Waals surface area (Å²) in [5, 5.41) is 2.88. The number of rotatable bonds is 5. The molecule has 1 atom stereocenters. The van der Waals surface area contributed by atoms with Crippen LogP contribution in [-0.4, -0.2) is 59.3 Å². The highest BCUT2D eigenvalue weighted by Gasteiger charge is 2.48. The van der Waals surface area contributed by atoms with Crippen molar-refractivity contribution in [3.05, 3.63) is 24.5 Å². The molecule has 0 bridgehead atoms. The van der Waals surface area contributed by atoms with Crippen molar-refractivity contribution < 1.29 is 9.59 Å². The molecular formula is C21H32N4O2. The Kier molecular flexibility index (Phi) is 5.84. The van der Waals surface area contributed by atoms with Crippen molar-refractivity contribution in [2.24, 2.45) is 10.8 Å². The van der Waals surface area contributed by atoms with Gasteiger partial charge in [0.25, 0.3) is 0 Å². The molecule has 2 saturated heterocycles. The lowest BCUT2D eigenvalue weighted by Crippen LogP contribution is -2.52. The van der Waals surface area contributed by atoms with Crippen LogP contribution < -0.4 is 5.32 Å². The highest BCUT2D eigenvalue weighted by Crippen LogP contribution is 2.40. The van der Waals surface area contributed by atoms with Crippen LogP contribution in [0.15, 0.2) is 24.5 Å². The number of piperidine rings is 1. The van der Waals surface area contributed by atoms with Gasteiger partial charge in [-0.1, -0.05) is 20.8 Å². The Bertz CT molecular complexity index is 671. The predicted octanol–water partition coefficient (Wildman–Crippen LogP) is 2.77. The smallest absolute Gasteiger partial charge is 0.230 e. The number of hydrogen-bond acceptors (Lipinski definition) is 4. The number of carbonyl (C=O) groups excluding carboxylic acids is 2. The fourth-order valence-electron chi connectivity index (χ4n) is 4.32. The topological polar surface area (TPSA) is 65.5 Å². The van der Waals surface area contributed by atoms with Crippen LogP contribution in [0.4, 0.5) is 5.69 Å². The Morgan fingerprint density at radius 2 is 2.11 bits per heavy atom. The second kappa shape index (κ2) is 7.97. The van der Waals surface area contributed by atoms with Crippen molar-refractivity contribution in [3.63, 3.8) is 0 Å². The van der Waals surface area contributed by atoms with Crippen LogP contribution >= 0.6 is 0 Å². The lowest BCUT2D eigenvalue weighted by Gasteiger charge is -2.42. The maximum atomic E-state index is 13.2. The van der Waals surface area contributed by atoms with Crippen molar-refractivity contribution in [2.75, 3.05) is 38.0 Å².